The summed E-state index contributed by atoms with van der Waals surface area (Å²) in [7, 11) is -1.32. The zero-order valence-corrected chi connectivity index (χ0v) is 13.0. The van der Waals surface area contributed by atoms with Gasteiger partial charge in [-0.15, -0.1) is 0 Å². The highest BCUT2D eigenvalue weighted by atomic mass is 79.9. The molecular formula is C12H18BrNO3S. The van der Waals surface area contributed by atoms with E-state index in [1.165, 1.54) is 0 Å². The SMILES string of the molecule is CCCS(=O)(=O)CCNc1ccc(OC)c(Br)c1. The van der Waals surface area contributed by atoms with Crippen LogP contribution in [0.15, 0.2) is 22.7 Å². The molecule has 0 fully saturated rings. The minimum atomic E-state index is -2.92. The molecule has 1 aromatic rings. The summed E-state index contributed by atoms with van der Waals surface area (Å²) in [4.78, 5) is 0. The summed E-state index contributed by atoms with van der Waals surface area (Å²) in [5.41, 5.74) is 0.870. The smallest absolute Gasteiger partial charge is 0.152 e. The van der Waals surface area contributed by atoms with E-state index in [1.54, 1.807) is 7.11 Å². The van der Waals surface area contributed by atoms with Crippen LogP contribution in [-0.4, -0.2) is 33.6 Å². The highest BCUT2D eigenvalue weighted by Crippen LogP contribution is 2.27. The van der Waals surface area contributed by atoms with Crippen molar-refractivity contribution < 1.29 is 13.2 Å². The van der Waals surface area contributed by atoms with Crippen LogP contribution >= 0.6 is 15.9 Å². The average Bonchev–Trinajstić information content (AvgIpc) is 2.29. The predicted octanol–water partition coefficient (Wildman–Crippen LogP) is 2.69. The Morgan fingerprint density at radius 1 is 1.33 bits per heavy atom. The normalized spacial score (nSPS) is 11.3. The summed E-state index contributed by atoms with van der Waals surface area (Å²) in [5.74, 6) is 1.16. The first-order valence-electron chi connectivity index (χ1n) is 5.76. The van der Waals surface area contributed by atoms with E-state index in [0.717, 1.165) is 15.9 Å². The van der Waals surface area contributed by atoms with Gasteiger partial charge in [-0.1, -0.05) is 6.92 Å². The Morgan fingerprint density at radius 2 is 2.06 bits per heavy atom. The molecule has 0 heterocycles. The van der Waals surface area contributed by atoms with Gasteiger partial charge < -0.3 is 10.1 Å². The Morgan fingerprint density at radius 3 is 2.61 bits per heavy atom. The fourth-order valence-corrected chi connectivity index (χ4v) is 3.32. The summed E-state index contributed by atoms with van der Waals surface area (Å²) >= 11 is 3.38. The second-order valence-corrected chi connectivity index (χ2v) is 7.09. The molecular weight excluding hydrogens is 318 g/mol. The van der Waals surface area contributed by atoms with Crippen molar-refractivity contribution in [3.05, 3.63) is 22.7 Å². The molecule has 1 aromatic carbocycles. The monoisotopic (exact) mass is 335 g/mol. The van der Waals surface area contributed by atoms with Crippen molar-refractivity contribution >= 4 is 31.5 Å². The summed E-state index contributed by atoms with van der Waals surface area (Å²) < 4.78 is 29.0. The van der Waals surface area contributed by atoms with Crippen molar-refractivity contribution in [3.63, 3.8) is 0 Å². The van der Waals surface area contributed by atoms with Gasteiger partial charge in [0, 0.05) is 18.0 Å². The first-order chi connectivity index (χ1) is 8.48. The van der Waals surface area contributed by atoms with Crippen LogP contribution in [0.3, 0.4) is 0 Å². The molecule has 4 nitrogen and oxygen atoms in total. The molecule has 0 aromatic heterocycles. The zero-order valence-electron chi connectivity index (χ0n) is 10.6. The van der Waals surface area contributed by atoms with Gasteiger partial charge in [0.25, 0.3) is 0 Å². The summed E-state index contributed by atoms with van der Waals surface area (Å²) in [6.45, 7) is 2.28. The molecule has 0 amide bonds. The van der Waals surface area contributed by atoms with E-state index in [4.69, 9.17) is 4.74 Å². The molecule has 1 rings (SSSR count). The zero-order chi connectivity index (χ0) is 13.6. The Bertz CT molecular complexity index is 488. The van der Waals surface area contributed by atoms with E-state index in [1.807, 2.05) is 25.1 Å². The average molecular weight is 336 g/mol. The number of methoxy groups -OCH3 is 1. The molecule has 102 valence electrons. The Balaban J connectivity index is 2.52. The lowest BCUT2D eigenvalue weighted by molar-refractivity contribution is 0.412. The number of sulfone groups is 1. The van der Waals surface area contributed by atoms with E-state index in [2.05, 4.69) is 21.2 Å². The van der Waals surface area contributed by atoms with Crippen LogP contribution in [0.2, 0.25) is 0 Å². The Kier molecular flexibility index (Phi) is 5.95. The van der Waals surface area contributed by atoms with Gasteiger partial charge in [-0.3, -0.25) is 0 Å². The number of hydrogen-bond donors (Lipinski definition) is 1. The molecule has 1 N–H and O–H groups in total. The van der Waals surface area contributed by atoms with Crippen LogP contribution in [0.25, 0.3) is 0 Å². The molecule has 0 saturated heterocycles. The number of halogens is 1. The first-order valence-corrected chi connectivity index (χ1v) is 8.38. The van der Waals surface area contributed by atoms with Crippen LogP contribution in [0, 0.1) is 0 Å². The second kappa shape index (κ2) is 6.99. The minimum absolute atomic E-state index is 0.157. The fraction of sp³-hybridized carbons (Fsp3) is 0.500. The van der Waals surface area contributed by atoms with Crippen molar-refractivity contribution in [2.45, 2.75) is 13.3 Å². The largest absolute Gasteiger partial charge is 0.496 e. The third kappa shape index (κ3) is 4.86. The molecule has 0 spiro atoms. The number of benzene rings is 1. The molecule has 0 radical (unpaired) electrons. The molecule has 0 aliphatic rings. The minimum Gasteiger partial charge on any atom is -0.496 e. The van der Waals surface area contributed by atoms with Gasteiger partial charge in [0.1, 0.15) is 5.75 Å². The number of nitrogens with one attached hydrogen (secondary N) is 1. The Hall–Kier alpha value is -0.750. The number of rotatable bonds is 7. The van der Waals surface area contributed by atoms with E-state index < -0.39 is 9.84 Å². The maximum absolute atomic E-state index is 11.5. The molecule has 0 saturated carbocycles. The van der Waals surface area contributed by atoms with Gasteiger partial charge in [0.2, 0.25) is 0 Å². The molecule has 0 atom stereocenters. The molecule has 6 heteroatoms. The van der Waals surface area contributed by atoms with Crippen LogP contribution in [0.1, 0.15) is 13.3 Å². The van der Waals surface area contributed by atoms with Crippen molar-refractivity contribution in [2.75, 3.05) is 30.5 Å². The van der Waals surface area contributed by atoms with Gasteiger partial charge in [0.15, 0.2) is 9.84 Å². The van der Waals surface area contributed by atoms with E-state index >= 15 is 0 Å². The molecule has 18 heavy (non-hydrogen) atoms. The number of anilines is 1. The lowest BCUT2D eigenvalue weighted by Crippen LogP contribution is -2.18. The molecule has 0 aliphatic carbocycles. The van der Waals surface area contributed by atoms with Crippen LogP contribution in [0.4, 0.5) is 5.69 Å². The van der Waals surface area contributed by atoms with Crippen molar-refractivity contribution in [3.8, 4) is 5.75 Å². The van der Waals surface area contributed by atoms with Gasteiger partial charge in [-0.05, 0) is 40.5 Å². The highest BCUT2D eigenvalue weighted by Gasteiger charge is 2.08. The van der Waals surface area contributed by atoms with Gasteiger partial charge in [-0.2, -0.15) is 0 Å². The molecule has 0 bridgehead atoms. The van der Waals surface area contributed by atoms with Crippen molar-refractivity contribution in [2.24, 2.45) is 0 Å². The standard InChI is InChI=1S/C12H18BrNO3S/c1-3-7-18(15,16)8-6-14-10-4-5-12(17-2)11(13)9-10/h4-5,9,14H,3,6-8H2,1-2H3. The van der Waals surface area contributed by atoms with Gasteiger partial charge in [-0.25, -0.2) is 8.42 Å². The van der Waals surface area contributed by atoms with Crippen LogP contribution in [-0.2, 0) is 9.84 Å². The highest BCUT2D eigenvalue weighted by molar-refractivity contribution is 9.10. The van der Waals surface area contributed by atoms with E-state index in [-0.39, 0.29) is 11.5 Å². The van der Waals surface area contributed by atoms with E-state index in [0.29, 0.717) is 13.0 Å². The van der Waals surface area contributed by atoms with Gasteiger partial charge in [0.05, 0.1) is 17.3 Å². The lowest BCUT2D eigenvalue weighted by Gasteiger charge is -2.09. The predicted molar refractivity (Wildman–Crippen MR) is 78.1 cm³/mol. The third-order valence-corrected chi connectivity index (χ3v) is 4.89. The Labute approximate surface area is 117 Å². The summed E-state index contributed by atoms with van der Waals surface area (Å²) in [5, 5.41) is 3.09. The van der Waals surface area contributed by atoms with Crippen LogP contribution in [0.5, 0.6) is 5.75 Å². The second-order valence-electron chi connectivity index (χ2n) is 3.93. The van der Waals surface area contributed by atoms with Gasteiger partial charge >= 0.3 is 0 Å². The van der Waals surface area contributed by atoms with E-state index in [9.17, 15) is 8.42 Å². The summed E-state index contributed by atoms with van der Waals surface area (Å²) in [6.07, 6.45) is 0.663. The van der Waals surface area contributed by atoms with Crippen molar-refractivity contribution in [1.29, 1.82) is 0 Å². The van der Waals surface area contributed by atoms with Crippen molar-refractivity contribution in [1.82, 2.24) is 0 Å². The lowest BCUT2D eigenvalue weighted by atomic mass is 10.3. The maximum Gasteiger partial charge on any atom is 0.152 e. The van der Waals surface area contributed by atoms with Crippen LogP contribution < -0.4 is 10.1 Å². The molecule has 0 unspecified atom stereocenters. The molecule has 0 aliphatic heterocycles. The topological polar surface area (TPSA) is 55.4 Å². The summed E-state index contributed by atoms with van der Waals surface area (Å²) in [6, 6.07) is 5.55. The quantitative estimate of drug-likeness (QED) is 0.832. The maximum atomic E-state index is 11.5. The first kappa shape index (κ1) is 15.3. The number of hydrogen-bond acceptors (Lipinski definition) is 4. The fourth-order valence-electron chi connectivity index (χ4n) is 1.54. The third-order valence-electron chi connectivity index (χ3n) is 2.41. The number of ether oxygens (including phenoxy) is 1.